The third kappa shape index (κ3) is 4.08. The molecule has 1 amide bonds. The van der Waals surface area contributed by atoms with E-state index in [-0.39, 0.29) is 18.4 Å². The maximum Gasteiger partial charge on any atom is 0.229 e. The van der Waals surface area contributed by atoms with E-state index >= 15 is 0 Å². The second kappa shape index (κ2) is 7.37. The smallest absolute Gasteiger partial charge is 0.229 e. The maximum atomic E-state index is 13.9. The number of amides is 1. The number of hydrogen-bond acceptors (Lipinski definition) is 2. The Hall–Kier alpha value is -2.18. The third-order valence-electron chi connectivity index (χ3n) is 4.05. The molecular formula is C18H17ClFN3OS. The van der Waals surface area contributed by atoms with Crippen LogP contribution >= 0.6 is 23.8 Å². The Morgan fingerprint density at radius 1 is 1.32 bits per heavy atom. The second-order valence-electron chi connectivity index (χ2n) is 5.91. The van der Waals surface area contributed by atoms with Crippen LogP contribution in [0.1, 0.15) is 12.0 Å². The molecule has 1 fully saturated rings. The van der Waals surface area contributed by atoms with Gasteiger partial charge in [-0.05, 0) is 49.0 Å². The molecule has 1 atom stereocenters. The highest BCUT2D eigenvalue weighted by Gasteiger charge is 2.32. The molecule has 0 radical (unpaired) electrons. The van der Waals surface area contributed by atoms with Gasteiger partial charge in [0.1, 0.15) is 5.82 Å². The first-order chi connectivity index (χ1) is 11.9. The van der Waals surface area contributed by atoms with Gasteiger partial charge in [0, 0.05) is 23.7 Å². The summed E-state index contributed by atoms with van der Waals surface area (Å²) in [6.45, 7) is 2.30. The number of thiocarbonyl (C=S) groups is 1. The molecule has 1 unspecified atom stereocenters. The Bertz CT molecular complexity index is 830. The number of para-hydroxylation sites is 1. The zero-order valence-corrected chi connectivity index (χ0v) is 15.1. The molecule has 25 heavy (non-hydrogen) atoms. The molecule has 130 valence electrons. The first-order valence-corrected chi connectivity index (χ1v) is 8.61. The number of nitrogens with one attached hydrogen (secondary N) is 2. The van der Waals surface area contributed by atoms with Gasteiger partial charge in [0.25, 0.3) is 0 Å². The number of nitrogens with zero attached hydrogens (tertiary/aromatic N) is 1. The van der Waals surface area contributed by atoms with E-state index < -0.39 is 5.82 Å². The van der Waals surface area contributed by atoms with E-state index in [0.29, 0.717) is 22.4 Å². The molecule has 1 saturated heterocycles. The van der Waals surface area contributed by atoms with Crippen LogP contribution in [0.3, 0.4) is 0 Å². The van der Waals surface area contributed by atoms with Gasteiger partial charge in [0.15, 0.2) is 5.11 Å². The maximum absolute atomic E-state index is 13.9. The molecule has 1 aliphatic heterocycles. The van der Waals surface area contributed by atoms with Gasteiger partial charge in [0.05, 0.1) is 11.7 Å². The minimum Gasteiger partial charge on any atom is -0.357 e. The van der Waals surface area contributed by atoms with Crippen LogP contribution < -0.4 is 15.5 Å². The average molecular weight is 378 g/mol. The number of rotatable bonds is 3. The van der Waals surface area contributed by atoms with Crippen molar-refractivity contribution in [3.63, 3.8) is 0 Å². The fourth-order valence-electron chi connectivity index (χ4n) is 2.78. The first kappa shape index (κ1) is 17.6. The van der Waals surface area contributed by atoms with E-state index in [1.165, 1.54) is 11.0 Å². The Morgan fingerprint density at radius 2 is 2.08 bits per heavy atom. The Labute approximate surface area is 156 Å². The lowest BCUT2D eigenvalue weighted by molar-refractivity contribution is -0.117. The molecule has 2 aromatic carbocycles. The van der Waals surface area contributed by atoms with E-state index in [1.54, 1.807) is 30.3 Å². The summed E-state index contributed by atoms with van der Waals surface area (Å²) in [5, 5.41) is 7.22. The minimum absolute atomic E-state index is 0.135. The number of carbonyl (C=O) groups excluding carboxylic acids is 1. The van der Waals surface area contributed by atoms with Crippen molar-refractivity contribution in [3.05, 3.63) is 58.9 Å². The lowest BCUT2D eigenvalue weighted by Crippen LogP contribution is -2.39. The van der Waals surface area contributed by atoms with E-state index in [4.69, 9.17) is 23.8 Å². The highest BCUT2D eigenvalue weighted by molar-refractivity contribution is 7.80. The van der Waals surface area contributed by atoms with E-state index in [0.717, 1.165) is 11.3 Å². The molecule has 0 aromatic heterocycles. The van der Waals surface area contributed by atoms with Crippen molar-refractivity contribution in [2.45, 2.75) is 19.4 Å². The fraction of sp³-hybridized carbons (Fsp3) is 0.222. The van der Waals surface area contributed by atoms with Crippen molar-refractivity contribution in [2.75, 3.05) is 16.8 Å². The summed E-state index contributed by atoms with van der Waals surface area (Å²) in [5.41, 5.74) is 2.10. The van der Waals surface area contributed by atoms with Crippen molar-refractivity contribution in [3.8, 4) is 0 Å². The van der Waals surface area contributed by atoms with Gasteiger partial charge in [-0.2, -0.15) is 0 Å². The summed E-state index contributed by atoms with van der Waals surface area (Å²) in [6, 6.07) is 11.6. The predicted octanol–water partition coefficient (Wildman–Crippen LogP) is 3.88. The average Bonchev–Trinajstić information content (AvgIpc) is 2.91. The van der Waals surface area contributed by atoms with Gasteiger partial charge >= 0.3 is 0 Å². The van der Waals surface area contributed by atoms with Crippen molar-refractivity contribution in [2.24, 2.45) is 0 Å². The van der Waals surface area contributed by atoms with Gasteiger partial charge in [-0.15, -0.1) is 0 Å². The van der Waals surface area contributed by atoms with Crippen LogP contribution in [0.25, 0.3) is 0 Å². The number of anilines is 2. The quantitative estimate of drug-likeness (QED) is 0.797. The number of halogens is 2. The topological polar surface area (TPSA) is 44.4 Å². The van der Waals surface area contributed by atoms with Crippen LogP contribution in [-0.4, -0.2) is 23.6 Å². The molecule has 1 heterocycles. The van der Waals surface area contributed by atoms with Gasteiger partial charge in [-0.3, -0.25) is 4.79 Å². The van der Waals surface area contributed by atoms with Crippen LogP contribution in [0.2, 0.25) is 5.02 Å². The summed E-state index contributed by atoms with van der Waals surface area (Å²) in [6.07, 6.45) is 0.255. The summed E-state index contributed by atoms with van der Waals surface area (Å²) >= 11 is 11.3. The van der Waals surface area contributed by atoms with Crippen molar-refractivity contribution >= 4 is 46.2 Å². The molecule has 7 heteroatoms. The molecule has 0 spiro atoms. The highest BCUT2D eigenvalue weighted by atomic mass is 35.5. The molecule has 4 nitrogen and oxygen atoms in total. The summed E-state index contributed by atoms with van der Waals surface area (Å²) in [7, 11) is 0. The van der Waals surface area contributed by atoms with Crippen LogP contribution in [0.4, 0.5) is 15.8 Å². The van der Waals surface area contributed by atoms with Crippen LogP contribution in [0.5, 0.6) is 0 Å². The lowest BCUT2D eigenvalue weighted by Gasteiger charge is -2.19. The summed E-state index contributed by atoms with van der Waals surface area (Å²) in [4.78, 5) is 13.7. The normalized spacial score (nSPS) is 16.8. The zero-order valence-electron chi connectivity index (χ0n) is 13.6. The predicted molar refractivity (Wildman–Crippen MR) is 103 cm³/mol. The monoisotopic (exact) mass is 377 g/mol. The minimum atomic E-state index is -0.410. The van der Waals surface area contributed by atoms with Gasteiger partial charge in [-0.25, -0.2) is 4.39 Å². The summed E-state index contributed by atoms with van der Waals surface area (Å²) in [5.74, 6) is -0.545. The zero-order chi connectivity index (χ0) is 18.0. The van der Waals surface area contributed by atoms with Crippen LogP contribution in [0, 0.1) is 12.7 Å². The van der Waals surface area contributed by atoms with Crippen molar-refractivity contribution in [1.82, 2.24) is 5.32 Å². The third-order valence-corrected chi connectivity index (χ3v) is 4.51. The van der Waals surface area contributed by atoms with Crippen LogP contribution in [-0.2, 0) is 4.79 Å². The van der Waals surface area contributed by atoms with E-state index in [1.807, 2.05) is 13.0 Å². The lowest BCUT2D eigenvalue weighted by atomic mass is 10.2. The number of aryl methyl sites for hydroxylation is 1. The molecule has 2 N–H and O–H groups in total. The molecule has 3 rings (SSSR count). The highest BCUT2D eigenvalue weighted by Crippen LogP contribution is 2.25. The van der Waals surface area contributed by atoms with E-state index in [2.05, 4.69) is 10.6 Å². The fourth-order valence-corrected chi connectivity index (χ4v) is 3.23. The van der Waals surface area contributed by atoms with E-state index in [9.17, 15) is 9.18 Å². The van der Waals surface area contributed by atoms with Crippen LogP contribution in [0.15, 0.2) is 42.5 Å². The van der Waals surface area contributed by atoms with Gasteiger partial charge in [0.2, 0.25) is 5.91 Å². The molecule has 1 aliphatic rings. The second-order valence-corrected chi connectivity index (χ2v) is 6.76. The molecular weight excluding hydrogens is 361 g/mol. The number of carbonyl (C=O) groups is 1. The number of hydrogen-bond donors (Lipinski definition) is 2. The van der Waals surface area contributed by atoms with Crippen molar-refractivity contribution in [1.29, 1.82) is 0 Å². The molecule has 0 bridgehead atoms. The summed E-state index contributed by atoms with van der Waals surface area (Å²) < 4.78 is 13.9. The molecule has 2 aromatic rings. The Morgan fingerprint density at radius 3 is 2.84 bits per heavy atom. The first-order valence-electron chi connectivity index (χ1n) is 7.82. The number of benzene rings is 2. The SMILES string of the molecule is Cc1ccc(Cl)cc1NC(=S)NC1CC(=O)N(c2ccccc2F)C1. The van der Waals surface area contributed by atoms with Gasteiger partial charge in [-0.1, -0.05) is 29.8 Å². The Kier molecular flexibility index (Phi) is 5.20. The van der Waals surface area contributed by atoms with Crippen molar-refractivity contribution < 1.29 is 9.18 Å². The standard InChI is InChI=1S/C18H17ClFN3OS/c1-11-6-7-12(19)8-15(11)22-18(25)21-13-9-17(24)23(10-13)16-5-3-2-4-14(16)20/h2-8,13H,9-10H2,1H3,(H2,21,22,25). The molecule has 0 aliphatic carbocycles. The Balaban J connectivity index is 1.64. The van der Waals surface area contributed by atoms with Gasteiger partial charge < -0.3 is 15.5 Å². The largest absolute Gasteiger partial charge is 0.357 e. The molecule has 0 saturated carbocycles.